The summed E-state index contributed by atoms with van der Waals surface area (Å²) in [4.78, 5) is 24.7. The highest BCUT2D eigenvalue weighted by Crippen LogP contribution is 2.23. The van der Waals surface area contributed by atoms with E-state index in [0.717, 1.165) is 17.8 Å². The average Bonchev–Trinajstić information content (AvgIpc) is 3.02. The van der Waals surface area contributed by atoms with Crippen LogP contribution >= 0.6 is 11.3 Å². The first-order valence-electron chi connectivity index (χ1n) is 7.20. The Kier molecular flexibility index (Phi) is 5.84. The molecule has 1 N–H and O–H groups in total. The molecular weight excluding hydrogens is 314 g/mol. The number of nitro groups is 1. The lowest BCUT2D eigenvalue weighted by Gasteiger charge is -2.24. The lowest BCUT2D eigenvalue weighted by Crippen LogP contribution is -2.41. The molecule has 2 aromatic rings. The monoisotopic (exact) mass is 333 g/mol. The first kappa shape index (κ1) is 17.1. The Morgan fingerprint density at radius 2 is 1.96 bits per heavy atom. The van der Waals surface area contributed by atoms with Gasteiger partial charge < -0.3 is 10.2 Å². The van der Waals surface area contributed by atoms with Crippen LogP contribution in [0.15, 0.2) is 42.5 Å². The Hall–Kier alpha value is -2.25. The third-order valence-corrected chi connectivity index (χ3v) is 4.57. The van der Waals surface area contributed by atoms with E-state index in [1.807, 2.05) is 32.3 Å². The molecule has 2 rings (SSSR count). The third-order valence-electron chi connectivity index (χ3n) is 3.54. The van der Waals surface area contributed by atoms with Crippen molar-refractivity contribution in [3.63, 3.8) is 0 Å². The molecule has 1 unspecified atom stereocenters. The van der Waals surface area contributed by atoms with Crippen molar-refractivity contribution in [2.24, 2.45) is 0 Å². The smallest absolute Gasteiger partial charge is 0.324 e. The Labute approximate surface area is 138 Å². The van der Waals surface area contributed by atoms with Crippen molar-refractivity contribution in [2.45, 2.75) is 12.5 Å². The van der Waals surface area contributed by atoms with Crippen molar-refractivity contribution in [1.82, 2.24) is 10.2 Å². The molecule has 1 atom stereocenters. The first-order chi connectivity index (χ1) is 11.0. The first-order valence-corrected chi connectivity index (χ1v) is 8.02. The van der Waals surface area contributed by atoms with E-state index in [9.17, 15) is 14.9 Å². The van der Waals surface area contributed by atoms with Gasteiger partial charge >= 0.3 is 5.00 Å². The highest BCUT2D eigenvalue weighted by Gasteiger charge is 2.18. The Balaban J connectivity index is 1.95. The van der Waals surface area contributed by atoms with Gasteiger partial charge in [-0.25, -0.2) is 0 Å². The molecule has 0 radical (unpaired) electrons. The van der Waals surface area contributed by atoms with Crippen LogP contribution in [0.2, 0.25) is 0 Å². The number of rotatable bonds is 7. The molecule has 6 nitrogen and oxygen atoms in total. The van der Waals surface area contributed by atoms with E-state index in [1.54, 1.807) is 0 Å². The minimum Gasteiger partial charge on any atom is -0.350 e. The summed E-state index contributed by atoms with van der Waals surface area (Å²) in [6, 6.07) is 13.1. The number of hydrogen-bond donors (Lipinski definition) is 1. The van der Waals surface area contributed by atoms with Gasteiger partial charge in [-0.3, -0.25) is 14.9 Å². The molecule has 0 aliphatic carbocycles. The average molecular weight is 333 g/mol. The van der Waals surface area contributed by atoms with Gasteiger partial charge in [0.05, 0.1) is 9.80 Å². The van der Waals surface area contributed by atoms with Crippen LogP contribution in [0.3, 0.4) is 0 Å². The zero-order chi connectivity index (χ0) is 16.8. The maximum absolute atomic E-state index is 12.1. The van der Waals surface area contributed by atoms with Crippen molar-refractivity contribution < 1.29 is 9.72 Å². The molecule has 0 fully saturated rings. The number of nitrogens with one attached hydrogen (secondary N) is 1. The van der Waals surface area contributed by atoms with Gasteiger partial charge in [0.1, 0.15) is 0 Å². The van der Waals surface area contributed by atoms with Gasteiger partial charge in [-0.15, -0.1) is 0 Å². The van der Waals surface area contributed by atoms with Gasteiger partial charge in [-0.05, 0) is 32.1 Å². The molecule has 0 spiro atoms. The minimum atomic E-state index is -0.487. The largest absolute Gasteiger partial charge is 0.350 e. The summed E-state index contributed by atoms with van der Waals surface area (Å²) in [5.74, 6) is -0.275. The highest BCUT2D eigenvalue weighted by atomic mass is 32.1. The van der Waals surface area contributed by atoms with Crippen molar-refractivity contribution in [3.8, 4) is 0 Å². The normalized spacial score (nSPS) is 12.1. The molecule has 0 saturated carbocycles. The topological polar surface area (TPSA) is 75.5 Å². The number of thiophene rings is 1. The molecule has 0 saturated heterocycles. The van der Waals surface area contributed by atoms with Crippen molar-refractivity contribution >= 4 is 22.2 Å². The number of benzene rings is 1. The van der Waals surface area contributed by atoms with Crippen LogP contribution in [-0.2, 0) is 6.42 Å². The molecule has 0 bridgehead atoms. The quantitative estimate of drug-likeness (QED) is 0.624. The summed E-state index contributed by atoms with van der Waals surface area (Å²) in [5, 5.41) is 13.5. The molecule has 1 amide bonds. The Bertz CT molecular complexity index is 670. The molecule has 1 aromatic heterocycles. The third kappa shape index (κ3) is 4.87. The number of hydrogen-bond acceptors (Lipinski definition) is 5. The molecule has 0 aliphatic heterocycles. The van der Waals surface area contributed by atoms with E-state index in [1.165, 1.54) is 17.7 Å². The SMILES string of the molecule is CN(C)C(CNC(=O)c1ccc([N+](=O)[O-])s1)Cc1ccccc1. The van der Waals surface area contributed by atoms with E-state index in [-0.39, 0.29) is 17.0 Å². The van der Waals surface area contributed by atoms with Crippen LogP contribution in [-0.4, -0.2) is 42.4 Å². The summed E-state index contributed by atoms with van der Waals surface area (Å²) in [7, 11) is 3.94. The summed E-state index contributed by atoms with van der Waals surface area (Å²) < 4.78 is 0. The molecular formula is C16H19N3O3S. The number of nitrogens with zero attached hydrogens (tertiary/aromatic N) is 2. The predicted molar refractivity (Wildman–Crippen MR) is 90.9 cm³/mol. The predicted octanol–water partition coefficient (Wildman–Crippen LogP) is 2.56. The van der Waals surface area contributed by atoms with Crippen molar-refractivity contribution in [2.75, 3.05) is 20.6 Å². The fourth-order valence-corrected chi connectivity index (χ4v) is 2.91. The van der Waals surface area contributed by atoms with Crippen LogP contribution in [0, 0.1) is 10.1 Å². The lowest BCUT2D eigenvalue weighted by molar-refractivity contribution is -0.380. The van der Waals surface area contributed by atoms with Crippen LogP contribution in [0.5, 0.6) is 0 Å². The van der Waals surface area contributed by atoms with E-state index in [2.05, 4.69) is 22.3 Å². The summed E-state index contributed by atoms with van der Waals surface area (Å²) in [6.45, 7) is 0.479. The molecule has 1 aromatic carbocycles. The molecule has 1 heterocycles. The van der Waals surface area contributed by atoms with Gasteiger partial charge in [0, 0.05) is 18.7 Å². The number of likely N-dealkylation sites (N-methyl/N-ethyl adjacent to an activating group) is 1. The Morgan fingerprint density at radius 3 is 2.52 bits per heavy atom. The Morgan fingerprint density at radius 1 is 1.26 bits per heavy atom. The zero-order valence-corrected chi connectivity index (χ0v) is 13.9. The van der Waals surface area contributed by atoms with E-state index < -0.39 is 4.92 Å². The van der Waals surface area contributed by atoms with Gasteiger partial charge in [-0.2, -0.15) is 0 Å². The summed E-state index contributed by atoms with van der Waals surface area (Å²) >= 11 is 0.888. The van der Waals surface area contributed by atoms with E-state index >= 15 is 0 Å². The zero-order valence-electron chi connectivity index (χ0n) is 13.1. The van der Waals surface area contributed by atoms with Crippen molar-refractivity contribution in [1.29, 1.82) is 0 Å². The highest BCUT2D eigenvalue weighted by molar-refractivity contribution is 7.17. The molecule has 7 heteroatoms. The van der Waals surface area contributed by atoms with Crippen molar-refractivity contribution in [3.05, 3.63) is 63.0 Å². The van der Waals surface area contributed by atoms with Crippen LogP contribution < -0.4 is 5.32 Å². The number of carbonyl (C=O) groups is 1. The second kappa shape index (κ2) is 7.85. The van der Waals surface area contributed by atoms with E-state index in [0.29, 0.717) is 11.4 Å². The molecule has 23 heavy (non-hydrogen) atoms. The van der Waals surface area contributed by atoms with Gasteiger partial charge in [-0.1, -0.05) is 41.7 Å². The fourth-order valence-electron chi connectivity index (χ4n) is 2.17. The standard InChI is InChI=1S/C16H19N3O3S/c1-18(2)13(10-12-6-4-3-5-7-12)11-17-16(20)14-8-9-15(23-14)19(21)22/h3-9,13H,10-11H2,1-2H3,(H,17,20). The summed E-state index contributed by atoms with van der Waals surface area (Å²) in [5.41, 5.74) is 1.20. The maximum Gasteiger partial charge on any atom is 0.324 e. The molecule has 0 aliphatic rings. The fraction of sp³-hybridized carbons (Fsp3) is 0.312. The second-order valence-corrected chi connectivity index (χ2v) is 6.47. The van der Waals surface area contributed by atoms with E-state index in [4.69, 9.17) is 0 Å². The lowest BCUT2D eigenvalue weighted by atomic mass is 10.1. The second-order valence-electron chi connectivity index (χ2n) is 5.41. The van der Waals surface area contributed by atoms with Gasteiger partial charge in [0.15, 0.2) is 0 Å². The van der Waals surface area contributed by atoms with Gasteiger partial charge in [0.25, 0.3) is 5.91 Å². The minimum absolute atomic E-state index is 0.0244. The number of amides is 1. The molecule has 122 valence electrons. The summed E-state index contributed by atoms with van der Waals surface area (Å²) in [6.07, 6.45) is 0.818. The van der Waals surface area contributed by atoms with Crippen LogP contribution in [0.4, 0.5) is 5.00 Å². The van der Waals surface area contributed by atoms with Crippen LogP contribution in [0.25, 0.3) is 0 Å². The van der Waals surface area contributed by atoms with Crippen LogP contribution in [0.1, 0.15) is 15.2 Å². The number of carbonyl (C=O) groups excluding carboxylic acids is 1. The van der Waals surface area contributed by atoms with Gasteiger partial charge in [0.2, 0.25) is 0 Å². The maximum atomic E-state index is 12.1.